The molecule has 0 aliphatic rings. The van der Waals surface area contributed by atoms with E-state index in [0.29, 0.717) is 18.7 Å². The van der Waals surface area contributed by atoms with Crippen LogP contribution in [0.4, 0.5) is 5.69 Å². The van der Waals surface area contributed by atoms with Crippen LogP contribution in [0, 0.1) is 0 Å². The average molecular weight is 293 g/mol. The van der Waals surface area contributed by atoms with E-state index >= 15 is 0 Å². The van der Waals surface area contributed by atoms with Gasteiger partial charge in [-0.25, -0.2) is 4.98 Å². The molecule has 3 N–H and O–H groups in total. The van der Waals surface area contributed by atoms with Crippen molar-refractivity contribution in [2.24, 2.45) is 5.73 Å². The predicted molar refractivity (Wildman–Crippen MR) is 81.0 cm³/mol. The quantitative estimate of drug-likeness (QED) is 0.832. The molecule has 0 fully saturated rings. The Morgan fingerprint density at radius 3 is 2.79 bits per heavy atom. The Hall–Kier alpha value is -1.37. The molecule has 2 aromatic rings. The summed E-state index contributed by atoms with van der Waals surface area (Å²) in [4.78, 5) is 17.4. The highest BCUT2D eigenvalue weighted by Crippen LogP contribution is 2.18. The minimum Gasteiger partial charge on any atom is -0.330 e. The third-order valence-electron chi connectivity index (χ3n) is 2.49. The van der Waals surface area contributed by atoms with Gasteiger partial charge in [-0.15, -0.1) is 23.1 Å². The number of thiazole rings is 1. The van der Waals surface area contributed by atoms with E-state index in [0.717, 1.165) is 15.6 Å². The second-order valence-corrected chi connectivity index (χ2v) is 5.67. The summed E-state index contributed by atoms with van der Waals surface area (Å²) < 4.78 is 0. The smallest absolute Gasteiger partial charge is 0.275 e. The SMILES string of the molecule is CSc1ccc(NC(=O)c2csc(CCN)n2)cc1. The van der Waals surface area contributed by atoms with Gasteiger partial charge in [-0.3, -0.25) is 4.79 Å². The molecule has 19 heavy (non-hydrogen) atoms. The number of hydrogen-bond acceptors (Lipinski definition) is 5. The number of hydrogen-bond donors (Lipinski definition) is 2. The molecule has 1 aromatic carbocycles. The summed E-state index contributed by atoms with van der Waals surface area (Å²) in [5.74, 6) is -0.184. The van der Waals surface area contributed by atoms with Crippen molar-refractivity contribution in [1.29, 1.82) is 0 Å². The summed E-state index contributed by atoms with van der Waals surface area (Å²) in [5.41, 5.74) is 6.68. The van der Waals surface area contributed by atoms with Gasteiger partial charge in [0.1, 0.15) is 5.69 Å². The van der Waals surface area contributed by atoms with Gasteiger partial charge < -0.3 is 11.1 Å². The Morgan fingerprint density at radius 1 is 1.42 bits per heavy atom. The molecule has 100 valence electrons. The van der Waals surface area contributed by atoms with E-state index in [9.17, 15) is 4.79 Å². The number of thioether (sulfide) groups is 1. The zero-order chi connectivity index (χ0) is 13.7. The summed E-state index contributed by atoms with van der Waals surface area (Å²) in [6.45, 7) is 0.546. The first-order valence-electron chi connectivity index (χ1n) is 5.83. The van der Waals surface area contributed by atoms with Crippen molar-refractivity contribution < 1.29 is 4.79 Å². The normalized spacial score (nSPS) is 10.4. The minimum absolute atomic E-state index is 0.184. The molecule has 1 amide bonds. The largest absolute Gasteiger partial charge is 0.330 e. The average Bonchev–Trinajstić information content (AvgIpc) is 2.89. The zero-order valence-electron chi connectivity index (χ0n) is 10.6. The highest BCUT2D eigenvalue weighted by Gasteiger charge is 2.10. The van der Waals surface area contributed by atoms with Crippen molar-refractivity contribution in [2.45, 2.75) is 11.3 Å². The van der Waals surface area contributed by atoms with Gasteiger partial charge in [0.05, 0.1) is 5.01 Å². The lowest BCUT2D eigenvalue weighted by atomic mass is 10.3. The number of nitrogens with two attached hydrogens (primary N) is 1. The molecule has 4 nitrogen and oxygen atoms in total. The molecular formula is C13H15N3OS2. The maximum atomic E-state index is 12.0. The van der Waals surface area contributed by atoms with E-state index in [4.69, 9.17) is 5.73 Å². The van der Waals surface area contributed by atoms with E-state index in [-0.39, 0.29) is 5.91 Å². The van der Waals surface area contributed by atoms with Gasteiger partial charge in [-0.05, 0) is 37.1 Å². The van der Waals surface area contributed by atoms with Gasteiger partial charge in [0, 0.05) is 22.4 Å². The molecule has 0 saturated heterocycles. The number of rotatable bonds is 5. The number of aromatic nitrogens is 1. The van der Waals surface area contributed by atoms with Gasteiger partial charge in [0.25, 0.3) is 5.91 Å². The van der Waals surface area contributed by atoms with Crippen LogP contribution in [0.3, 0.4) is 0 Å². The van der Waals surface area contributed by atoms with Crippen LogP contribution in [0.15, 0.2) is 34.5 Å². The fourth-order valence-corrected chi connectivity index (χ4v) is 2.73. The molecule has 0 atom stereocenters. The number of benzene rings is 1. The van der Waals surface area contributed by atoms with E-state index in [1.54, 1.807) is 17.1 Å². The molecule has 0 radical (unpaired) electrons. The summed E-state index contributed by atoms with van der Waals surface area (Å²) in [6, 6.07) is 7.72. The number of carbonyl (C=O) groups excluding carboxylic acids is 1. The predicted octanol–water partition coefficient (Wildman–Crippen LogP) is 2.62. The van der Waals surface area contributed by atoms with Crippen LogP contribution in [0.1, 0.15) is 15.5 Å². The van der Waals surface area contributed by atoms with E-state index < -0.39 is 0 Å². The highest BCUT2D eigenvalue weighted by atomic mass is 32.2. The first kappa shape index (κ1) is 14.0. The number of nitrogens with one attached hydrogen (secondary N) is 1. The molecule has 0 bridgehead atoms. The van der Waals surface area contributed by atoms with Crippen molar-refractivity contribution >= 4 is 34.7 Å². The van der Waals surface area contributed by atoms with Crippen LogP contribution in [0.25, 0.3) is 0 Å². The monoisotopic (exact) mass is 293 g/mol. The van der Waals surface area contributed by atoms with Gasteiger partial charge in [0.15, 0.2) is 0 Å². The molecule has 2 rings (SSSR count). The topological polar surface area (TPSA) is 68.0 Å². The minimum atomic E-state index is -0.184. The van der Waals surface area contributed by atoms with Crippen molar-refractivity contribution in [2.75, 3.05) is 18.1 Å². The Morgan fingerprint density at radius 2 is 2.16 bits per heavy atom. The Kier molecular flexibility index (Phi) is 4.95. The van der Waals surface area contributed by atoms with Crippen LogP contribution in [-0.2, 0) is 6.42 Å². The summed E-state index contributed by atoms with van der Waals surface area (Å²) >= 11 is 3.13. The summed E-state index contributed by atoms with van der Waals surface area (Å²) in [6.07, 6.45) is 2.72. The van der Waals surface area contributed by atoms with E-state index in [1.807, 2.05) is 30.5 Å². The number of amides is 1. The first-order chi connectivity index (χ1) is 9.22. The maximum Gasteiger partial charge on any atom is 0.275 e. The zero-order valence-corrected chi connectivity index (χ0v) is 12.2. The second-order valence-electron chi connectivity index (χ2n) is 3.85. The molecular weight excluding hydrogens is 278 g/mol. The lowest BCUT2D eigenvalue weighted by molar-refractivity contribution is 0.102. The van der Waals surface area contributed by atoms with E-state index in [2.05, 4.69) is 10.3 Å². The molecule has 0 aliphatic carbocycles. The summed E-state index contributed by atoms with van der Waals surface area (Å²) in [7, 11) is 0. The van der Waals surface area contributed by atoms with Crippen molar-refractivity contribution in [3.63, 3.8) is 0 Å². The van der Waals surface area contributed by atoms with Gasteiger partial charge in [-0.2, -0.15) is 0 Å². The third kappa shape index (κ3) is 3.79. The van der Waals surface area contributed by atoms with Crippen LogP contribution >= 0.6 is 23.1 Å². The lowest BCUT2D eigenvalue weighted by Gasteiger charge is -2.03. The maximum absolute atomic E-state index is 12.0. The molecule has 1 heterocycles. The molecule has 1 aromatic heterocycles. The Balaban J connectivity index is 2.02. The lowest BCUT2D eigenvalue weighted by Crippen LogP contribution is -2.12. The third-order valence-corrected chi connectivity index (χ3v) is 4.14. The van der Waals surface area contributed by atoms with Crippen molar-refractivity contribution in [3.05, 3.63) is 40.3 Å². The van der Waals surface area contributed by atoms with Crippen LogP contribution < -0.4 is 11.1 Å². The number of nitrogens with zero attached hydrogens (tertiary/aromatic N) is 1. The van der Waals surface area contributed by atoms with Crippen molar-refractivity contribution in [1.82, 2.24) is 4.98 Å². The Bertz CT molecular complexity index is 551. The van der Waals surface area contributed by atoms with Crippen LogP contribution in [0.5, 0.6) is 0 Å². The Labute approximate surface area is 120 Å². The van der Waals surface area contributed by atoms with Crippen LogP contribution in [-0.4, -0.2) is 23.7 Å². The standard InChI is InChI=1S/C13H15N3OS2/c1-18-10-4-2-9(3-5-10)15-13(17)11-8-19-12(16-11)6-7-14/h2-5,8H,6-7,14H2,1H3,(H,15,17). The van der Waals surface area contributed by atoms with E-state index in [1.165, 1.54) is 11.3 Å². The van der Waals surface area contributed by atoms with Crippen LogP contribution in [0.2, 0.25) is 0 Å². The van der Waals surface area contributed by atoms with Gasteiger partial charge in [-0.1, -0.05) is 0 Å². The second kappa shape index (κ2) is 6.70. The fourth-order valence-electron chi connectivity index (χ4n) is 1.52. The molecule has 0 spiro atoms. The first-order valence-corrected chi connectivity index (χ1v) is 7.93. The number of anilines is 1. The number of carbonyl (C=O) groups is 1. The molecule has 0 aliphatic heterocycles. The molecule has 0 saturated carbocycles. The summed E-state index contributed by atoms with van der Waals surface area (Å²) in [5, 5.41) is 5.48. The van der Waals surface area contributed by atoms with Gasteiger partial charge in [0.2, 0.25) is 0 Å². The molecule has 0 unspecified atom stereocenters. The fraction of sp³-hybridized carbons (Fsp3) is 0.231. The molecule has 6 heteroatoms. The highest BCUT2D eigenvalue weighted by molar-refractivity contribution is 7.98. The van der Waals surface area contributed by atoms with Crippen molar-refractivity contribution in [3.8, 4) is 0 Å². The van der Waals surface area contributed by atoms with Gasteiger partial charge >= 0.3 is 0 Å².